The van der Waals surface area contributed by atoms with Gasteiger partial charge in [0.2, 0.25) is 0 Å². The second-order valence-corrected chi connectivity index (χ2v) is 10.3. The molecule has 7 heavy (non-hydrogen) atoms. The molecule has 0 radical (unpaired) electrons. The molecule has 0 aromatic carbocycles. The molecule has 0 nitrogen and oxygen atoms in total. The molecule has 1 fully saturated rings. The Balaban J connectivity index is 2.12. The van der Waals surface area contributed by atoms with Crippen LogP contribution in [0.2, 0.25) is 0 Å². The van der Waals surface area contributed by atoms with Crippen LogP contribution < -0.4 is 42.4 Å². The van der Waals surface area contributed by atoms with Crippen LogP contribution in [0.15, 0.2) is 0 Å². The third-order valence-electron chi connectivity index (χ3n) is 0.888. The summed E-state index contributed by atoms with van der Waals surface area (Å²) in [5, 5.41) is 0. The summed E-state index contributed by atoms with van der Waals surface area (Å²) in [7, 11) is 0. The number of rotatable bonds is 0. The van der Waals surface area contributed by atoms with Gasteiger partial charge in [-0.1, -0.05) is 0 Å². The van der Waals surface area contributed by atoms with Crippen molar-refractivity contribution in [2.75, 3.05) is 11.3 Å². The Kier molecular flexibility index (Phi) is 3.27. The fourth-order valence-electron chi connectivity index (χ4n) is 0.547. The zero-order valence-corrected chi connectivity index (χ0v) is 8.77. The van der Waals surface area contributed by atoms with Gasteiger partial charge in [-0.3, -0.25) is 0 Å². The van der Waals surface area contributed by atoms with Gasteiger partial charge in [0.25, 0.3) is 0 Å². The first-order valence-electron chi connectivity index (χ1n) is 2.46. The van der Waals surface area contributed by atoms with E-state index >= 15 is 0 Å². The summed E-state index contributed by atoms with van der Waals surface area (Å²) in [4.78, 5) is 0. The first-order chi connectivity index (χ1) is 3.39. The van der Waals surface area contributed by atoms with Crippen LogP contribution in [-0.4, -0.2) is 11.3 Å². The van der Waals surface area contributed by atoms with Crippen LogP contribution in [0.1, 0.15) is 6.92 Å². The maximum absolute atomic E-state index is 2.42. The average molecular weight is 324 g/mol. The van der Waals surface area contributed by atoms with Crippen molar-refractivity contribution >= 4 is 0 Å². The van der Waals surface area contributed by atoms with Crippen LogP contribution >= 0.6 is 0 Å². The molecular weight excluding hydrogens is 314 g/mol. The summed E-state index contributed by atoms with van der Waals surface area (Å²) in [6.07, 6.45) is 0. The van der Waals surface area contributed by atoms with Gasteiger partial charge in [0, 0.05) is 0 Å². The van der Waals surface area contributed by atoms with E-state index in [2.05, 4.69) is 6.92 Å². The number of halogens is 2. The van der Waals surface area contributed by atoms with Crippen LogP contribution in [0.5, 0.6) is 0 Å². The predicted octanol–water partition coefficient (Wildman–Crippen LogP) is -5.23. The van der Waals surface area contributed by atoms with Gasteiger partial charge in [0.1, 0.15) is 0 Å². The van der Waals surface area contributed by atoms with Crippen molar-refractivity contribution in [2.24, 2.45) is 5.92 Å². The van der Waals surface area contributed by atoms with Crippen LogP contribution in [0.25, 0.3) is 0 Å². The SMILES string of the molecule is CC1C[I-]C[I-]C1. The minimum atomic E-state index is 0.723. The van der Waals surface area contributed by atoms with Gasteiger partial charge in [-0.05, 0) is 0 Å². The Bertz CT molecular complexity index is 48.0. The van der Waals surface area contributed by atoms with Crippen molar-refractivity contribution in [1.82, 2.24) is 0 Å². The van der Waals surface area contributed by atoms with Crippen molar-refractivity contribution in [3.63, 3.8) is 0 Å². The zero-order valence-electron chi connectivity index (χ0n) is 4.45. The summed E-state index contributed by atoms with van der Waals surface area (Å²) in [6.45, 7) is 2.42. The molecule has 0 N–H and O–H groups in total. The van der Waals surface area contributed by atoms with Crippen LogP contribution in [0.4, 0.5) is 0 Å². The number of hydrogen-bond donors (Lipinski definition) is 0. The molecule has 0 unspecified atom stereocenters. The number of alkyl halides is 4. The van der Waals surface area contributed by atoms with Crippen molar-refractivity contribution < 1.29 is 42.4 Å². The molecule has 2 heteroatoms. The molecule has 46 valence electrons. The van der Waals surface area contributed by atoms with Crippen molar-refractivity contribution in [3.8, 4) is 0 Å². The maximum atomic E-state index is 2.42. The summed E-state index contributed by atoms with van der Waals surface area (Å²) in [5.41, 5.74) is 0. The summed E-state index contributed by atoms with van der Waals surface area (Å²) < 4.78 is 4.96. The van der Waals surface area contributed by atoms with E-state index in [-0.39, 0.29) is 0 Å². The van der Waals surface area contributed by atoms with E-state index < -0.39 is 0 Å². The Morgan fingerprint density at radius 2 is 1.86 bits per heavy atom. The van der Waals surface area contributed by atoms with E-state index in [1.165, 1.54) is 0 Å². The standard InChI is InChI=1S/C5H10I2/c1-5-2-6-4-7-3-5/h5H,2-4H2,1H3/q-2. The second-order valence-electron chi connectivity index (χ2n) is 1.89. The Hall–Kier alpha value is 1.46. The first kappa shape index (κ1) is 6.58. The molecule has 1 aliphatic rings. The third-order valence-corrected chi connectivity index (χ3v) is 11.4. The molecule has 0 spiro atoms. The van der Waals surface area contributed by atoms with E-state index in [0.717, 1.165) is 48.3 Å². The molecule has 0 aromatic rings. The molecule has 0 amide bonds. The molecule has 0 aliphatic carbocycles. The molecular formula is C5H10I2-2. The summed E-state index contributed by atoms with van der Waals surface area (Å²) in [6, 6.07) is 0. The van der Waals surface area contributed by atoms with Crippen LogP contribution in [0.3, 0.4) is 0 Å². The topological polar surface area (TPSA) is 0 Å². The molecule has 1 heterocycles. The Labute approximate surface area is 66.0 Å². The molecule has 1 rings (SSSR count). The Morgan fingerprint density at radius 3 is 2.14 bits per heavy atom. The van der Waals surface area contributed by atoms with Gasteiger partial charge < -0.3 is 0 Å². The van der Waals surface area contributed by atoms with E-state index in [0.29, 0.717) is 0 Å². The van der Waals surface area contributed by atoms with Gasteiger partial charge in [0.05, 0.1) is 0 Å². The van der Waals surface area contributed by atoms with Crippen molar-refractivity contribution in [2.45, 2.75) is 6.92 Å². The van der Waals surface area contributed by atoms with E-state index in [1.54, 1.807) is 11.3 Å². The number of hydrogen-bond acceptors (Lipinski definition) is 0. The van der Waals surface area contributed by atoms with Crippen molar-refractivity contribution in [1.29, 1.82) is 0 Å². The third kappa shape index (κ3) is 2.49. The van der Waals surface area contributed by atoms with Crippen molar-refractivity contribution in [3.05, 3.63) is 0 Å². The summed E-state index contributed by atoms with van der Waals surface area (Å²) >= 11 is 1.45. The predicted molar refractivity (Wildman–Crippen MR) is 23.8 cm³/mol. The van der Waals surface area contributed by atoms with Gasteiger partial charge in [-0.2, -0.15) is 0 Å². The molecule has 0 saturated carbocycles. The molecule has 0 atom stereocenters. The van der Waals surface area contributed by atoms with Gasteiger partial charge in [0.15, 0.2) is 0 Å². The monoisotopic (exact) mass is 324 g/mol. The fraction of sp³-hybridized carbons (Fsp3) is 1.00. The quantitative estimate of drug-likeness (QED) is 0.309. The van der Waals surface area contributed by atoms with E-state index in [1.807, 2.05) is 0 Å². The molecule has 0 bridgehead atoms. The van der Waals surface area contributed by atoms with E-state index in [9.17, 15) is 0 Å². The average Bonchev–Trinajstić information content (AvgIpc) is 1.69. The van der Waals surface area contributed by atoms with Gasteiger partial charge in [-0.25, -0.2) is 0 Å². The summed E-state index contributed by atoms with van der Waals surface area (Å²) in [5.74, 6) is 1.13. The van der Waals surface area contributed by atoms with Crippen LogP contribution in [-0.2, 0) is 0 Å². The Morgan fingerprint density at radius 1 is 1.29 bits per heavy atom. The van der Waals surface area contributed by atoms with Crippen LogP contribution in [0, 0.1) is 5.92 Å². The fourth-order valence-corrected chi connectivity index (χ4v) is 10.3. The van der Waals surface area contributed by atoms with E-state index in [4.69, 9.17) is 0 Å². The zero-order chi connectivity index (χ0) is 5.11. The molecule has 1 saturated heterocycles. The molecule has 0 aromatic heterocycles. The molecule has 1 aliphatic heterocycles. The first-order valence-corrected chi connectivity index (χ1v) is 8.57. The van der Waals surface area contributed by atoms with Gasteiger partial charge >= 0.3 is 66.5 Å². The normalized spacial score (nSPS) is 27.6. The minimum absolute atomic E-state index is 0.723. The second kappa shape index (κ2) is 3.48. The van der Waals surface area contributed by atoms with Gasteiger partial charge in [-0.15, -0.1) is 0 Å².